The largest absolute Gasteiger partial charge is 0.458 e. The van der Waals surface area contributed by atoms with Crippen LogP contribution in [0.1, 0.15) is 76.3 Å². The van der Waals surface area contributed by atoms with E-state index in [2.05, 4.69) is 10.6 Å². The maximum Gasteiger partial charge on any atom is 0.408 e. The summed E-state index contributed by atoms with van der Waals surface area (Å²) in [5.74, 6) is -1.26. The number of alkyl carbamates (subject to hydrolysis) is 1. The van der Waals surface area contributed by atoms with Crippen molar-refractivity contribution < 1.29 is 33.8 Å². The molecular formula is C35H51N3O7S. The molecule has 3 amide bonds. The Labute approximate surface area is 278 Å². The monoisotopic (exact) mass is 657 g/mol. The van der Waals surface area contributed by atoms with Crippen LogP contribution in [0.15, 0.2) is 48.5 Å². The highest BCUT2D eigenvalue weighted by Crippen LogP contribution is 2.28. The minimum absolute atomic E-state index is 0.158. The van der Waals surface area contributed by atoms with E-state index in [-0.39, 0.29) is 19.4 Å². The number of benzene rings is 2. The quantitative estimate of drug-likeness (QED) is 0.245. The minimum Gasteiger partial charge on any atom is -0.458 e. The van der Waals surface area contributed by atoms with Crippen LogP contribution in [0, 0.1) is 13.8 Å². The molecule has 0 aliphatic carbocycles. The number of nitrogens with one attached hydrogen (secondary N) is 2. The highest BCUT2D eigenvalue weighted by molar-refractivity contribution is 7.98. The second-order valence-corrected chi connectivity index (χ2v) is 14.2. The number of hydrogen-bond acceptors (Lipinski definition) is 8. The molecular weight excluding hydrogens is 606 g/mol. The lowest BCUT2D eigenvalue weighted by molar-refractivity contribution is -0.159. The molecule has 0 spiro atoms. The van der Waals surface area contributed by atoms with Crippen LogP contribution in [0.2, 0.25) is 0 Å². The third kappa shape index (κ3) is 12.3. The summed E-state index contributed by atoms with van der Waals surface area (Å²) in [6, 6.07) is 11.3. The number of ether oxygens (including phenoxy) is 2. The number of amides is 3. The van der Waals surface area contributed by atoms with E-state index in [1.165, 1.54) is 16.7 Å². The Kier molecular flexibility index (Phi) is 14.6. The first-order valence-corrected chi connectivity index (χ1v) is 16.9. The van der Waals surface area contributed by atoms with Crippen LogP contribution < -0.4 is 10.6 Å². The highest BCUT2D eigenvalue weighted by atomic mass is 32.2. The van der Waals surface area contributed by atoms with E-state index in [0.29, 0.717) is 11.3 Å². The molecule has 10 nitrogen and oxygen atoms in total. The molecule has 3 unspecified atom stereocenters. The molecule has 2 rings (SSSR count). The second kappa shape index (κ2) is 17.4. The number of thioether (sulfide) groups is 1. The molecule has 0 aliphatic rings. The lowest BCUT2D eigenvalue weighted by atomic mass is 9.94. The fraction of sp³-hybridized carbons (Fsp3) is 0.543. The van der Waals surface area contributed by atoms with Crippen LogP contribution in [0.25, 0.3) is 0 Å². The van der Waals surface area contributed by atoms with Crippen LogP contribution >= 0.6 is 11.8 Å². The molecule has 46 heavy (non-hydrogen) atoms. The van der Waals surface area contributed by atoms with Crippen LogP contribution in [0.3, 0.4) is 0 Å². The summed E-state index contributed by atoms with van der Waals surface area (Å²) in [4.78, 5) is 56.3. The summed E-state index contributed by atoms with van der Waals surface area (Å²) in [5, 5.41) is 15.7. The van der Waals surface area contributed by atoms with Gasteiger partial charge >= 0.3 is 12.1 Å². The number of carbonyl (C=O) groups excluding carboxylic acids is 4. The molecule has 11 heteroatoms. The number of rotatable bonds is 14. The third-order valence-electron chi connectivity index (χ3n) is 7.02. The zero-order valence-corrected chi connectivity index (χ0v) is 29.5. The predicted molar refractivity (Wildman–Crippen MR) is 182 cm³/mol. The summed E-state index contributed by atoms with van der Waals surface area (Å²) in [7, 11) is 0. The third-order valence-corrected chi connectivity index (χ3v) is 7.66. The van der Waals surface area contributed by atoms with Gasteiger partial charge in [0, 0.05) is 13.0 Å². The standard InChI is InChI=1S/C35H51N3O7S/c1-23-14-13-17-26(24(23)2)29(30(40)36-28(32(42)44-34(3,4)5)22-25-15-11-10-12-16-25)38(19-20-39)31(41)27(18-21-46-9)37-33(43)45-35(6,7)8/h10-17,27-29,39H,18-22H2,1-9H3,(H,36,40)(H,37,43). The first-order chi connectivity index (χ1) is 21.5. The van der Waals surface area contributed by atoms with Gasteiger partial charge in [0.2, 0.25) is 11.8 Å². The molecule has 0 heterocycles. The second-order valence-electron chi connectivity index (χ2n) is 13.2. The summed E-state index contributed by atoms with van der Waals surface area (Å²) < 4.78 is 11.1. The van der Waals surface area contributed by atoms with Gasteiger partial charge in [-0.15, -0.1) is 0 Å². The Bertz CT molecular complexity index is 1320. The number of esters is 1. The van der Waals surface area contributed by atoms with Gasteiger partial charge < -0.3 is 30.1 Å². The average molecular weight is 658 g/mol. The SMILES string of the molecule is CSCCC(NC(=O)OC(C)(C)C)C(=O)N(CCO)C(C(=O)NC(Cc1ccccc1)C(=O)OC(C)(C)C)c1cccc(C)c1C. The molecule has 2 aromatic carbocycles. The van der Waals surface area contributed by atoms with Gasteiger partial charge in [-0.2, -0.15) is 11.8 Å². The number of aliphatic hydroxyl groups is 1. The number of aliphatic hydroxyl groups excluding tert-OH is 1. The zero-order chi connectivity index (χ0) is 34.7. The number of nitrogens with zero attached hydrogens (tertiary/aromatic N) is 1. The number of carbonyl (C=O) groups is 4. The lowest BCUT2D eigenvalue weighted by Crippen LogP contribution is -2.55. The number of aryl methyl sites for hydroxylation is 1. The summed E-state index contributed by atoms with van der Waals surface area (Å²) in [5.41, 5.74) is 1.41. The molecule has 3 atom stereocenters. The van der Waals surface area contributed by atoms with E-state index in [1.807, 2.05) is 56.5 Å². The van der Waals surface area contributed by atoms with Gasteiger partial charge in [-0.1, -0.05) is 48.5 Å². The Morgan fingerprint density at radius 2 is 1.50 bits per heavy atom. The molecule has 3 N–H and O–H groups in total. The molecule has 0 fully saturated rings. The van der Waals surface area contributed by atoms with Crippen molar-refractivity contribution in [2.75, 3.05) is 25.2 Å². The maximum absolute atomic E-state index is 14.4. The van der Waals surface area contributed by atoms with Gasteiger partial charge in [0.15, 0.2) is 0 Å². The Balaban J connectivity index is 2.62. The lowest BCUT2D eigenvalue weighted by Gasteiger charge is -2.35. The van der Waals surface area contributed by atoms with Crippen molar-refractivity contribution in [2.45, 2.75) is 97.6 Å². The molecule has 0 saturated heterocycles. The summed E-state index contributed by atoms with van der Waals surface area (Å²) in [6.45, 7) is 13.5. The summed E-state index contributed by atoms with van der Waals surface area (Å²) >= 11 is 1.50. The van der Waals surface area contributed by atoms with Crippen molar-refractivity contribution in [1.29, 1.82) is 0 Å². The van der Waals surface area contributed by atoms with Gasteiger partial charge in [-0.05, 0) is 96.1 Å². The van der Waals surface area contributed by atoms with E-state index >= 15 is 0 Å². The van der Waals surface area contributed by atoms with Crippen molar-refractivity contribution in [2.24, 2.45) is 0 Å². The normalized spacial score (nSPS) is 13.6. The molecule has 0 saturated carbocycles. The van der Waals surface area contributed by atoms with Gasteiger partial charge in [0.05, 0.1) is 6.61 Å². The molecule has 0 bridgehead atoms. The summed E-state index contributed by atoms with van der Waals surface area (Å²) in [6.07, 6.45) is 1.54. The van der Waals surface area contributed by atoms with E-state index in [0.717, 1.165) is 16.7 Å². The first kappa shape index (κ1) is 38.6. The van der Waals surface area contributed by atoms with Crippen LogP contribution in [0.5, 0.6) is 0 Å². The van der Waals surface area contributed by atoms with Gasteiger partial charge in [0.25, 0.3) is 0 Å². The van der Waals surface area contributed by atoms with E-state index in [9.17, 15) is 24.3 Å². The van der Waals surface area contributed by atoms with Gasteiger partial charge in [0.1, 0.15) is 29.3 Å². The Morgan fingerprint density at radius 1 is 0.870 bits per heavy atom. The van der Waals surface area contributed by atoms with Crippen molar-refractivity contribution in [3.8, 4) is 0 Å². The molecule has 0 aromatic heterocycles. The molecule has 254 valence electrons. The van der Waals surface area contributed by atoms with Gasteiger partial charge in [-0.3, -0.25) is 9.59 Å². The zero-order valence-electron chi connectivity index (χ0n) is 28.6. The van der Waals surface area contributed by atoms with Crippen molar-refractivity contribution in [3.05, 3.63) is 70.8 Å². The van der Waals surface area contributed by atoms with Gasteiger partial charge in [-0.25, -0.2) is 9.59 Å². The first-order valence-electron chi connectivity index (χ1n) is 15.5. The molecule has 0 radical (unpaired) electrons. The van der Waals surface area contributed by atoms with E-state index < -0.39 is 59.8 Å². The Morgan fingerprint density at radius 3 is 2.07 bits per heavy atom. The molecule has 2 aromatic rings. The van der Waals surface area contributed by atoms with Crippen LogP contribution in [0.4, 0.5) is 4.79 Å². The van der Waals surface area contributed by atoms with Crippen LogP contribution in [-0.4, -0.2) is 82.3 Å². The van der Waals surface area contributed by atoms with Crippen molar-refractivity contribution in [3.63, 3.8) is 0 Å². The smallest absolute Gasteiger partial charge is 0.408 e. The number of hydrogen-bond donors (Lipinski definition) is 3. The fourth-order valence-electron chi connectivity index (χ4n) is 4.80. The molecule has 0 aliphatic heterocycles. The van der Waals surface area contributed by atoms with E-state index in [1.54, 1.807) is 53.7 Å². The Hall–Kier alpha value is -3.57. The van der Waals surface area contributed by atoms with Crippen molar-refractivity contribution in [1.82, 2.24) is 15.5 Å². The van der Waals surface area contributed by atoms with Crippen molar-refractivity contribution >= 4 is 35.6 Å². The van der Waals surface area contributed by atoms with Crippen LogP contribution in [-0.2, 0) is 30.3 Å². The maximum atomic E-state index is 14.4. The predicted octanol–water partition coefficient (Wildman–Crippen LogP) is 4.88. The topological polar surface area (TPSA) is 134 Å². The van der Waals surface area contributed by atoms with E-state index in [4.69, 9.17) is 9.47 Å². The highest BCUT2D eigenvalue weighted by Gasteiger charge is 2.38. The minimum atomic E-state index is -1.24. The average Bonchev–Trinajstić information content (AvgIpc) is 2.95. The fourth-order valence-corrected chi connectivity index (χ4v) is 5.28.